The molecule has 4 heterocycles. The Hall–Kier alpha value is -4.17. The Labute approximate surface area is 235 Å². The number of amides is 3. The van der Waals surface area contributed by atoms with E-state index in [9.17, 15) is 9.59 Å². The Morgan fingerprint density at radius 3 is 2.40 bits per heavy atom. The average Bonchev–Trinajstić information content (AvgIpc) is 3.41. The molecular weight excluding hydrogens is 500 g/mol. The Balaban J connectivity index is 1.13. The highest BCUT2D eigenvalue weighted by atomic mass is 16.2. The number of likely N-dealkylation sites (tertiary alicyclic amines) is 2. The molecule has 0 aliphatic carbocycles. The number of carbonyl (C=O) groups is 2. The van der Waals surface area contributed by atoms with Crippen molar-refractivity contribution in [2.45, 2.75) is 44.7 Å². The Bertz CT molecular complexity index is 1450. The molecule has 0 bridgehead atoms. The Morgan fingerprint density at radius 2 is 1.65 bits per heavy atom. The predicted molar refractivity (Wildman–Crippen MR) is 158 cm³/mol. The smallest absolute Gasteiger partial charge is 0.319 e. The van der Waals surface area contributed by atoms with E-state index in [-0.39, 0.29) is 11.9 Å². The van der Waals surface area contributed by atoms with Crippen molar-refractivity contribution in [1.29, 1.82) is 0 Å². The molecule has 8 nitrogen and oxygen atoms in total. The summed E-state index contributed by atoms with van der Waals surface area (Å²) in [6.45, 7) is 4.43. The van der Waals surface area contributed by atoms with Crippen LogP contribution in [0, 0.1) is 0 Å². The zero-order chi connectivity index (χ0) is 27.3. The van der Waals surface area contributed by atoms with Crippen LogP contribution in [0.15, 0.2) is 79.3 Å². The average molecular weight is 537 g/mol. The largest absolute Gasteiger partial charge is 0.338 e. The summed E-state index contributed by atoms with van der Waals surface area (Å²) in [5, 5.41) is 6.68. The van der Waals surface area contributed by atoms with Gasteiger partial charge in [0.2, 0.25) is 0 Å². The molecule has 2 fully saturated rings. The van der Waals surface area contributed by atoms with Gasteiger partial charge < -0.3 is 25.0 Å². The fourth-order valence-corrected chi connectivity index (χ4v) is 6.02. The van der Waals surface area contributed by atoms with E-state index in [2.05, 4.69) is 25.1 Å². The minimum absolute atomic E-state index is 0.107. The number of nitrogens with zero attached hydrogens (tertiary/aromatic N) is 4. The molecule has 2 aromatic carbocycles. The van der Waals surface area contributed by atoms with Gasteiger partial charge in [0.1, 0.15) is 0 Å². The highest BCUT2D eigenvalue weighted by Gasteiger charge is 2.29. The van der Waals surface area contributed by atoms with E-state index < -0.39 is 0 Å². The molecule has 2 aliphatic rings. The van der Waals surface area contributed by atoms with Crippen molar-refractivity contribution >= 4 is 28.5 Å². The number of urea groups is 1. The predicted octanol–water partition coefficient (Wildman–Crippen LogP) is 5.44. The monoisotopic (exact) mass is 536 g/mol. The third kappa shape index (κ3) is 5.72. The summed E-state index contributed by atoms with van der Waals surface area (Å²) < 4.78 is 2.06. The quantitative estimate of drug-likeness (QED) is 0.344. The summed E-state index contributed by atoms with van der Waals surface area (Å²) in [7, 11) is 0. The van der Waals surface area contributed by atoms with E-state index >= 15 is 0 Å². The normalized spacial score (nSPS) is 16.6. The van der Waals surface area contributed by atoms with Crippen LogP contribution in [0.2, 0.25) is 0 Å². The van der Waals surface area contributed by atoms with Crippen molar-refractivity contribution in [3.05, 3.63) is 90.4 Å². The number of rotatable bonds is 6. The third-order valence-corrected chi connectivity index (χ3v) is 8.18. The fraction of sp³-hybridized carbons (Fsp3) is 0.344. The summed E-state index contributed by atoms with van der Waals surface area (Å²) in [5.41, 5.74) is 4.29. The van der Waals surface area contributed by atoms with E-state index in [1.165, 1.54) is 32.4 Å². The van der Waals surface area contributed by atoms with E-state index in [1.54, 1.807) is 12.4 Å². The third-order valence-electron chi connectivity index (χ3n) is 8.18. The lowest BCUT2D eigenvalue weighted by Crippen LogP contribution is -2.48. The number of hydrogen-bond acceptors (Lipinski definition) is 4. The minimum Gasteiger partial charge on any atom is -0.338 e. The Kier molecular flexibility index (Phi) is 7.77. The van der Waals surface area contributed by atoms with Crippen LogP contribution in [-0.2, 0) is 6.54 Å². The molecule has 40 heavy (non-hydrogen) atoms. The van der Waals surface area contributed by atoms with Crippen LogP contribution >= 0.6 is 0 Å². The van der Waals surface area contributed by atoms with Crippen molar-refractivity contribution in [3.63, 3.8) is 0 Å². The van der Waals surface area contributed by atoms with Crippen LogP contribution in [-0.4, -0.2) is 63.5 Å². The molecule has 2 aromatic heterocycles. The molecule has 2 N–H and O–H groups in total. The van der Waals surface area contributed by atoms with Crippen LogP contribution in [0.3, 0.4) is 0 Å². The molecule has 206 valence electrons. The molecule has 0 saturated carbocycles. The van der Waals surface area contributed by atoms with Gasteiger partial charge in [0.05, 0.1) is 11.1 Å². The molecule has 0 unspecified atom stereocenters. The van der Waals surface area contributed by atoms with Crippen LogP contribution in [0.1, 0.15) is 48.0 Å². The van der Waals surface area contributed by atoms with E-state index in [0.717, 1.165) is 53.6 Å². The number of fused-ring (bicyclic) bond motifs is 1. The van der Waals surface area contributed by atoms with Gasteiger partial charge in [-0.1, -0.05) is 30.7 Å². The molecule has 0 atom stereocenters. The number of benzene rings is 2. The van der Waals surface area contributed by atoms with Crippen molar-refractivity contribution in [3.8, 4) is 5.69 Å². The Morgan fingerprint density at radius 1 is 0.875 bits per heavy atom. The van der Waals surface area contributed by atoms with E-state index in [0.29, 0.717) is 18.3 Å². The highest BCUT2D eigenvalue weighted by molar-refractivity contribution is 6.07. The van der Waals surface area contributed by atoms with E-state index in [1.807, 2.05) is 71.8 Å². The minimum atomic E-state index is -0.278. The van der Waals surface area contributed by atoms with Crippen molar-refractivity contribution < 1.29 is 9.59 Å². The maximum atomic E-state index is 13.7. The lowest BCUT2D eigenvalue weighted by atomic mass is 9.99. The maximum absolute atomic E-state index is 13.7. The van der Waals surface area contributed by atoms with Gasteiger partial charge in [-0.05, 0) is 80.7 Å². The van der Waals surface area contributed by atoms with Crippen LogP contribution in [0.5, 0.6) is 0 Å². The van der Waals surface area contributed by atoms with Crippen molar-refractivity contribution in [1.82, 2.24) is 24.7 Å². The van der Waals surface area contributed by atoms with Gasteiger partial charge in [-0.15, -0.1) is 0 Å². The highest BCUT2D eigenvalue weighted by Crippen LogP contribution is 2.28. The van der Waals surface area contributed by atoms with Gasteiger partial charge >= 0.3 is 6.03 Å². The summed E-state index contributed by atoms with van der Waals surface area (Å²) in [6, 6.07) is 19.8. The molecule has 8 heteroatoms. The SMILES string of the molecule is O=C(NCc1cccnc1)Nc1ccc(-n2cc(C(=O)N3CCC(N4CCCCC4)CC3)c3ccccc32)cc1. The number of aromatic nitrogens is 2. The van der Waals surface area contributed by atoms with Gasteiger partial charge in [0.15, 0.2) is 0 Å². The standard InChI is InChI=1S/C32H36N6O2/c39-31(37-19-14-26(15-20-37)36-17-4-1-5-18-36)29-23-38(30-9-3-2-8-28(29)30)27-12-10-25(11-13-27)35-32(40)34-22-24-7-6-16-33-21-24/h2-3,6-13,16,21,23,26H,1,4-5,14-15,17-20,22H2,(H2,34,35,40). The molecule has 3 amide bonds. The van der Waals surface area contributed by atoms with Crippen LogP contribution < -0.4 is 10.6 Å². The molecule has 0 spiro atoms. The summed E-state index contributed by atoms with van der Waals surface area (Å²) in [6.07, 6.45) is 11.4. The van der Waals surface area contributed by atoms with Gasteiger partial charge in [-0.3, -0.25) is 9.78 Å². The summed E-state index contributed by atoms with van der Waals surface area (Å²) in [5.74, 6) is 0.107. The maximum Gasteiger partial charge on any atom is 0.319 e. The number of anilines is 1. The van der Waals surface area contributed by atoms with Gasteiger partial charge in [0.25, 0.3) is 5.91 Å². The second-order valence-electron chi connectivity index (χ2n) is 10.8. The molecular formula is C32H36N6O2. The summed E-state index contributed by atoms with van der Waals surface area (Å²) in [4.78, 5) is 34.8. The zero-order valence-electron chi connectivity index (χ0n) is 22.8. The van der Waals surface area contributed by atoms with Crippen LogP contribution in [0.4, 0.5) is 10.5 Å². The number of piperidine rings is 2. The summed E-state index contributed by atoms with van der Waals surface area (Å²) >= 11 is 0. The van der Waals surface area contributed by atoms with Crippen LogP contribution in [0.25, 0.3) is 16.6 Å². The molecule has 2 aliphatic heterocycles. The first kappa shape index (κ1) is 26.1. The fourth-order valence-electron chi connectivity index (χ4n) is 6.02. The van der Waals surface area contributed by atoms with Crippen molar-refractivity contribution in [2.24, 2.45) is 0 Å². The molecule has 4 aromatic rings. The molecule has 2 saturated heterocycles. The first-order valence-electron chi connectivity index (χ1n) is 14.3. The second-order valence-corrected chi connectivity index (χ2v) is 10.8. The first-order valence-corrected chi connectivity index (χ1v) is 14.3. The van der Waals surface area contributed by atoms with Crippen molar-refractivity contribution in [2.75, 3.05) is 31.5 Å². The van der Waals surface area contributed by atoms with Gasteiger partial charge in [-0.25, -0.2) is 4.79 Å². The lowest BCUT2D eigenvalue weighted by Gasteiger charge is -2.40. The number of carbonyl (C=O) groups excluding carboxylic acids is 2. The number of nitrogens with one attached hydrogen (secondary N) is 2. The van der Waals surface area contributed by atoms with Gasteiger partial charge in [0, 0.05) is 61.0 Å². The number of pyridine rings is 1. The lowest BCUT2D eigenvalue weighted by molar-refractivity contribution is 0.0591. The topological polar surface area (TPSA) is 82.5 Å². The number of hydrogen-bond donors (Lipinski definition) is 2. The second kappa shape index (κ2) is 11.9. The molecule has 0 radical (unpaired) electrons. The van der Waals surface area contributed by atoms with E-state index in [4.69, 9.17) is 0 Å². The number of para-hydroxylation sites is 1. The first-order chi connectivity index (χ1) is 19.7. The molecule has 6 rings (SSSR count). The van der Waals surface area contributed by atoms with Gasteiger partial charge in [-0.2, -0.15) is 0 Å². The zero-order valence-corrected chi connectivity index (χ0v) is 22.8.